The Bertz CT molecular complexity index is 518. The molecule has 2 rings (SSSR count). The van der Waals surface area contributed by atoms with Gasteiger partial charge in [-0.25, -0.2) is 4.68 Å². The summed E-state index contributed by atoms with van der Waals surface area (Å²) in [5.41, 5.74) is 6.63. The van der Waals surface area contributed by atoms with Crippen molar-refractivity contribution in [3.63, 3.8) is 0 Å². The molecular weight excluding hydrogens is 230 g/mol. The van der Waals surface area contributed by atoms with Crippen LogP contribution in [0, 0.1) is 0 Å². The second-order valence-corrected chi connectivity index (χ2v) is 4.38. The summed E-state index contributed by atoms with van der Waals surface area (Å²) >= 11 is 0. The van der Waals surface area contributed by atoms with Crippen molar-refractivity contribution in [3.05, 3.63) is 36.0 Å². The summed E-state index contributed by atoms with van der Waals surface area (Å²) in [5.74, 6) is 1.54. The number of rotatable bonds is 4. The zero-order chi connectivity index (χ0) is 13.1. The number of nitrogens with zero attached hydrogens (tertiary/aromatic N) is 2. The molecule has 5 nitrogen and oxygen atoms in total. The second-order valence-electron chi connectivity index (χ2n) is 4.38. The predicted octanol–water partition coefficient (Wildman–Crippen LogP) is 2.33. The largest absolute Gasteiger partial charge is 0.508 e. The van der Waals surface area contributed by atoms with Crippen LogP contribution >= 0.6 is 0 Å². The van der Waals surface area contributed by atoms with Gasteiger partial charge in [0.25, 0.3) is 0 Å². The van der Waals surface area contributed by atoms with Gasteiger partial charge in [-0.15, -0.1) is 0 Å². The van der Waals surface area contributed by atoms with Gasteiger partial charge < -0.3 is 15.6 Å². The molecule has 0 amide bonds. The number of nitrogens with two attached hydrogens (primary N) is 1. The molecule has 0 unspecified atom stereocenters. The van der Waals surface area contributed by atoms with Gasteiger partial charge in [0.1, 0.15) is 29.6 Å². The van der Waals surface area contributed by atoms with Crippen LogP contribution in [0.15, 0.2) is 30.3 Å². The number of aromatic hydroxyl groups is 1. The van der Waals surface area contributed by atoms with E-state index in [2.05, 4.69) is 5.10 Å². The Labute approximate surface area is 106 Å². The number of hydrogen-bond donors (Lipinski definition) is 2. The number of nitrogen functional groups attached to an aromatic ring is 1. The van der Waals surface area contributed by atoms with Gasteiger partial charge in [-0.3, -0.25) is 0 Å². The Balaban J connectivity index is 2.02. The zero-order valence-corrected chi connectivity index (χ0v) is 10.5. The van der Waals surface area contributed by atoms with Crippen LogP contribution in [-0.4, -0.2) is 14.9 Å². The van der Waals surface area contributed by atoms with Gasteiger partial charge in [0.05, 0.1) is 0 Å². The molecule has 3 N–H and O–H groups in total. The fourth-order valence-electron chi connectivity index (χ4n) is 1.65. The van der Waals surface area contributed by atoms with E-state index in [4.69, 9.17) is 15.6 Å². The van der Waals surface area contributed by atoms with Crippen molar-refractivity contribution in [1.29, 1.82) is 0 Å². The summed E-state index contributed by atoms with van der Waals surface area (Å²) in [4.78, 5) is 0. The first-order valence-corrected chi connectivity index (χ1v) is 5.82. The minimum Gasteiger partial charge on any atom is -0.508 e. The maximum absolute atomic E-state index is 9.15. The van der Waals surface area contributed by atoms with Gasteiger partial charge in [0, 0.05) is 12.1 Å². The molecule has 2 aromatic rings. The van der Waals surface area contributed by atoms with Crippen LogP contribution in [0.2, 0.25) is 0 Å². The number of phenols is 1. The third-order valence-electron chi connectivity index (χ3n) is 2.53. The molecule has 0 saturated heterocycles. The molecular formula is C13H17N3O2. The molecule has 0 spiro atoms. The molecule has 0 saturated carbocycles. The Morgan fingerprint density at radius 1 is 1.33 bits per heavy atom. The van der Waals surface area contributed by atoms with E-state index in [0.29, 0.717) is 18.2 Å². The second kappa shape index (κ2) is 5.00. The normalized spacial score (nSPS) is 10.8. The van der Waals surface area contributed by atoms with Crippen LogP contribution < -0.4 is 10.5 Å². The van der Waals surface area contributed by atoms with Gasteiger partial charge in [-0.05, 0) is 38.1 Å². The van der Waals surface area contributed by atoms with Crippen molar-refractivity contribution in [3.8, 4) is 11.5 Å². The lowest BCUT2D eigenvalue weighted by molar-refractivity contribution is 0.298. The van der Waals surface area contributed by atoms with Crippen LogP contribution in [-0.2, 0) is 6.61 Å². The quantitative estimate of drug-likeness (QED) is 0.869. The topological polar surface area (TPSA) is 73.3 Å². The first kappa shape index (κ1) is 12.3. The van der Waals surface area contributed by atoms with Crippen molar-refractivity contribution >= 4 is 5.82 Å². The van der Waals surface area contributed by atoms with Crippen molar-refractivity contribution in [1.82, 2.24) is 9.78 Å². The summed E-state index contributed by atoms with van der Waals surface area (Å²) < 4.78 is 7.31. The van der Waals surface area contributed by atoms with Gasteiger partial charge in [-0.1, -0.05) is 0 Å². The minimum atomic E-state index is 0.218. The monoisotopic (exact) mass is 247 g/mol. The molecule has 18 heavy (non-hydrogen) atoms. The maximum atomic E-state index is 9.15. The number of benzene rings is 1. The van der Waals surface area contributed by atoms with Crippen LogP contribution in [0.1, 0.15) is 25.6 Å². The molecule has 0 aliphatic heterocycles. The number of phenolic OH excluding ortho intramolecular Hbond substituents is 1. The Kier molecular flexibility index (Phi) is 3.41. The van der Waals surface area contributed by atoms with Gasteiger partial charge in [0.15, 0.2) is 0 Å². The maximum Gasteiger partial charge on any atom is 0.132 e. The van der Waals surface area contributed by atoms with Crippen molar-refractivity contribution in [2.24, 2.45) is 0 Å². The number of ether oxygens (including phenoxy) is 1. The summed E-state index contributed by atoms with van der Waals surface area (Å²) in [6, 6.07) is 8.61. The van der Waals surface area contributed by atoms with E-state index >= 15 is 0 Å². The summed E-state index contributed by atoms with van der Waals surface area (Å²) in [5, 5.41) is 13.5. The van der Waals surface area contributed by atoms with Crippen LogP contribution in [0.4, 0.5) is 5.82 Å². The van der Waals surface area contributed by atoms with E-state index in [1.54, 1.807) is 35.0 Å². The average Bonchev–Trinajstić information content (AvgIpc) is 2.70. The fraction of sp³-hybridized carbons (Fsp3) is 0.308. The standard InChI is InChI=1S/C13H17N3O2/c1-9(2)16-13(14)7-10(15-16)8-18-12-5-3-11(17)4-6-12/h3-7,9,17H,8,14H2,1-2H3. The van der Waals surface area contributed by atoms with Crippen LogP contribution in [0.5, 0.6) is 11.5 Å². The Morgan fingerprint density at radius 3 is 2.56 bits per heavy atom. The van der Waals surface area contributed by atoms with Crippen LogP contribution in [0.25, 0.3) is 0 Å². The molecule has 1 heterocycles. The van der Waals surface area contributed by atoms with E-state index in [0.717, 1.165) is 5.69 Å². The third-order valence-corrected chi connectivity index (χ3v) is 2.53. The lowest BCUT2D eigenvalue weighted by atomic mass is 10.3. The predicted molar refractivity (Wildman–Crippen MR) is 69.5 cm³/mol. The lowest BCUT2D eigenvalue weighted by Gasteiger charge is -2.07. The summed E-state index contributed by atoms with van der Waals surface area (Å²) in [6.07, 6.45) is 0. The van der Waals surface area contributed by atoms with E-state index < -0.39 is 0 Å². The molecule has 0 radical (unpaired) electrons. The smallest absolute Gasteiger partial charge is 0.132 e. The molecule has 96 valence electrons. The number of hydrogen-bond acceptors (Lipinski definition) is 4. The van der Waals surface area contributed by atoms with E-state index in [-0.39, 0.29) is 11.8 Å². The SMILES string of the molecule is CC(C)n1nc(COc2ccc(O)cc2)cc1N. The van der Waals surface area contributed by atoms with Crippen molar-refractivity contribution in [2.45, 2.75) is 26.5 Å². The highest BCUT2D eigenvalue weighted by molar-refractivity contribution is 5.32. The highest BCUT2D eigenvalue weighted by atomic mass is 16.5. The van der Waals surface area contributed by atoms with Crippen LogP contribution in [0.3, 0.4) is 0 Å². The third kappa shape index (κ3) is 2.74. The first-order valence-electron chi connectivity index (χ1n) is 5.82. The van der Waals surface area contributed by atoms with Crippen molar-refractivity contribution in [2.75, 3.05) is 5.73 Å². The molecule has 0 bridgehead atoms. The molecule has 0 atom stereocenters. The molecule has 0 aliphatic carbocycles. The van der Waals surface area contributed by atoms with E-state index in [1.165, 1.54) is 0 Å². The van der Waals surface area contributed by atoms with Gasteiger partial charge in [0.2, 0.25) is 0 Å². The van der Waals surface area contributed by atoms with Crippen molar-refractivity contribution < 1.29 is 9.84 Å². The highest BCUT2D eigenvalue weighted by Crippen LogP contribution is 2.18. The van der Waals surface area contributed by atoms with E-state index in [9.17, 15) is 0 Å². The van der Waals surface area contributed by atoms with Gasteiger partial charge in [-0.2, -0.15) is 5.10 Å². The zero-order valence-electron chi connectivity index (χ0n) is 10.5. The Morgan fingerprint density at radius 2 is 2.00 bits per heavy atom. The fourth-order valence-corrected chi connectivity index (χ4v) is 1.65. The molecule has 0 fully saturated rings. The Hall–Kier alpha value is -2.17. The van der Waals surface area contributed by atoms with E-state index in [1.807, 2.05) is 13.8 Å². The molecule has 1 aromatic heterocycles. The average molecular weight is 247 g/mol. The molecule has 5 heteroatoms. The molecule has 1 aromatic carbocycles. The first-order chi connectivity index (χ1) is 8.56. The number of aromatic nitrogens is 2. The number of anilines is 1. The molecule has 0 aliphatic rings. The lowest BCUT2D eigenvalue weighted by Crippen LogP contribution is -2.07. The minimum absolute atomic E-state index is 0.218. The summed E-state index contributed by atoms with van der Waals surface area (Å²) in [7, 11) is 0. The van der Waals surface area contributed by atoms with Gasteiger partial charge >= 0.3 is 0 Å². The highest BCUT2D eigenvalue weighted by Gasteiger charge is 2.08. The summed E-state index contributed by atoms with van der Waals surface area (Å²) in [6.45, 7) is 4.40.